The fourth-order valence-electron chi connectivity index (χ4n) is 2.76. The van der Waals surface area contributed by atoms with E-state index in [1.807, 2.05) is 6.92 Å². The van der Waals surface area contributed by atoms with Crippen LogP contribution in [0.3, 0.4) is 0 Å². The van der Waals surface area contributed by atoms with Crippen molar-refractivity contribution in [2.24, 2.45) is 11.3 Å². The first-order valence-corrected chi connectivity index (χ1v) is 6.17. The highest BCUT2D eigenvalue weighted by atomic mass is 16.5. The Labute approximate surface area is 101 Å². The molecule has 1 amide bonds. The van der Waals surface area contributed by atoms with Gasteiger partial charge in [0.2, 0.25) is 5.91 Å². The number of carbonyl (C=O) groups is 2. The largest absolute Gasteiger partial charge is 0.480 e. The summed E-state index contributed by atoms with van der Waals surface area (Å²) in [5, 5.41) is 8.75. The molecule has 2 aliphatic rings. The van der Waals surface area contributed by atoms with Crippen molar-refractivity contribution in [2.45, 2.75) is 26.2 Å². The van der Waals surface area contributed by atoms with Crippen LogP contribution in [0, 0.1) is 11.3 Å². The van der Waals surface area contributed by atoms with Crippen molar-refractivity contribution in [3.63, 3.8) is 0 Å². The predicted octanol–water partition coefficient (Wildman–Crippen LogP) is 0.736. The Morgan fingerprint density at radius 3 is 2.59 bits per heavy atom. The van der Waals surface area contributed by atoms with Gasteiger partial charge in [-0.05, 0) is 31.6 Å². The highest BCUT2D eigenvalue weighted by Crippen LogP contribution is 2.59. The number of rotatable bonds is 4. The van der Waals surface area contributed by atoms with Gasteiger partial charge in [0.25, 0.3) is 0 Å². The van der Waals surface area contributed by atoms with E-state index in [4.69, 9.17) is 9.84 Å². The summed E-state index contributed by atoms with van der Waals surface area (Å²) in [5.74, 6) is -0.899. The highest BCUT2D eigenvalue weighted by molar-refractivity contribution is 5.85. The monoisotopic (exact) mass is 241 g/mol. The second-order valence-corrected chi connectivity index (χ2v) is 4.98. The van der Waals surface area contributed by atoms with Crippen LogP contribution in [0.5, 0.6) is 0 Å². The lowest BCUT2D eigenvalue weighted by atomic mass is 9.93. The first kappa shape index (κ1) is 12.4. The van der Waals surface area contributed by atoms with Crippen molar-refractivity contribution >= 4 is 11.9 Å². The van der Waals surface area contributed by atoms with Gasteiger partial charge in [-0.25, -0.2) is 0 Å². The van der Waals surface area contributed by atoms with Gasteiger partial charge >= 0.3 is 5.97 Å². The molecular formula is C12H19NO4. The molecule has 17 heavy (non-hydrogen) atoms. The molecule has 0 aromatic heterocycles. The number of aliphatic carboxylic acids is 1. The molecule has 0 bridgehead atoms. The van der Waals surface area contributed by atoms with Crippen LogP contribution in [-0.4, -0.2) is 48.2 Å². The van der Waals surface area contributed by atoms with E-state index in [-0.39, 0.29) is 23.8 Å². The minimum absolute atomic E-state index is 0.0109. The Bertz CT molecular complexity index is 322. The van der Waals surface area contributed by atoms with Gasteiger partial charge in [-0.2, -0.15) is 0 Å². The van der Waals surface area contributed by atoms with E-state index in [1.165, 1.54) is 4.90 Å². The molecule has 2 fully saturated rings. The number of hydrogen-bond acceptors (Lipinski definition) is 3. The van der Waals surface area contributed by atoms with E-state index in [9.17, 15) is 9.59 Å². The van der Waals surface area contributed by atoms with Crippen LogP contribution in [-0.2, 0) is 14.3 Å². The smallest absolute Gasteiger partial charge is 0.323 e. The van der Waals surface area contributed by atoms with E-state index in [0.29, 0.717) is 6.54 Å². The first-order chi connectivity index (χ1) is 8.09. The highest BCUT2D eigenvalue weighted by Gasteiger charge is 2.58. The van der Waals surface area contributed by atoms with Crippen molar-refractivity contribution in [1.82, 2.24) is 4.90 Å². The van der Waals surface area contributed by atoms with Gasteiger partial charge in [-0.1, -0.05) is 0 Å². The Morgan fingerprint density at radius 2 is 2.06 bits per heavy atom. The predicted molar refractivity (Wildman–Crippen MR) is 60.5 cm³/mol. The maximum Gasteiger partial charge on any atom is 0.323 e. The molecule has 0 aromatic carbocycles. The minimum Gasteiger partial charge on any atom is -0.480 e. The van der Waals surface area contributed by atoms with Gasteiger partial charge in [-0.3, -0.25) is 9.59 Å². The topological polar surface area (TPSA) is 66.8 Å². The quantitative estimate of drug-likeness (QED) is 0.788. The Morgan fingerprint density at radius 1 is 1.41 bits per heavy atom. The third-order valence-corrected chi connectivity index (χ3v) is 4.00. The molecule has 1 N–H and O–H groups in total. The molecule has 1 saturated heterocycles. The van der Waals surface area contributed by atoms with Crippen molar-refractivity contribution in [2.75, 3.05) is 26.3 Å². The minimum atomic E-state index is -0.943. The summed E-state index contributed by atoms with van der Waals surface area (Å²) in [5.41, 5.74) is 0.126. The van der Waals surface area contributed by atoms with E-state index in [1.54, 1.807) is 0 Å². The van der Waals surface area contributed by atoms with Crippen LogP contribution in [0.4, 0.5) is 0 Å². The number of carbonyl (C=O) groups excluding carboxylic acids is 1. The maximum atomic E-state index is 12.2. The average Bonchev–Trinajstić information content (AvgIpc) is 2.99. The molecule has 0 radical (unpaired) electrons. The van der Waals surface area contributed by atoms with Crippen molar-refractivity contribution in [1.29, 1.82) is 0 Å². The summed E-state index contributed by atoms with van der Waals surface area (Å²) in [4.78, 5) is 24.3. The standard InChI is InChI=1S/C12H19NO4/c1-2-13(8-10(14)15)11(16)9-7-12(9)3-5-17-6-4-12/h9H,2-8H2,1H3,(H,14,15). The summed E-state index contributed by atoms with van der Waals surface area (Å²) in [6, 6.07) is 0. The number of carboxylic acid groups (broad SMARTS) is 1. The Balaban J connectivity index is 1.94. The molecule has 1 aliphatic carbocycles. The number of amides is 1. The van der Waals surface area contributed by atoms with E-state index in [0.717, 1.165) is 32.5 Å². The second kappa shape index (κ2) is 4.64. The van der Waals surface area contributed by atoms with Crippen LogP contribution < -0.4 is 0 Å². The lowest BCUT2D eigenvalue weighted by Crippen LogP contribution is -2.38. The molecule has 1 spiro atoms. The molecule has 5 heteroatoms. The van der Waals surface area contributed by atoms with Gasteiger partial charge in [0.05, 0.1) is 0 Å². The first-order valence-electron chi connectivity index (χ1n) is 6.17. The third-order valence-electron chi connectivity index (χ3n) is 4.00. The van der Waals surface area contributed by atoms with Crippen LogP contribution >= 0.6 is 0 Å². The lowest BCUT2D eigenvalue weighted by molar-refractivity contribution is -0.145. The second-order valence-electron chi connectivity index (χ2n) is 4.98. The molecule has 96 valence electrons. The van der Waals surface area contributed by atoms with E-state index in [2.05, 4.69) is 0 Å². The summed E-state index contributed by atoms with van der Waals surface area (Å²) < 4.78 is 5.31. The molecule has 1 saturated carbocycles. The van der Waals surface area contributed by atoms with Crippen LogP contribution in [0.15, 0.2) is 0 Å². The zero-order valence-corrected chi connectivity index (χ0v) is 10.1. The Kier molecular flexibility index (Phi) is 3.38. The van der Waals surface area contributed by atoms with Crippen molar-refractivity contribution in [3.05, 3.63) is 0 Å². The number of likely N-dealkylation sites (N-methyl/N-ethyl adjacent to an activating group) is 1. The van der Waals surface area contributed by atoms with E-state index >= 15 is 0 Å². The SMILES string of the molecule is CCN(CC(=O)O)C(=O)C1CC12CCOCC2. The Hall–Kier alpha value is -1.10. The molecule has 1 unspecified atom stereocenters. The zero-order chi connectivity index (χ0) is 12.5. The molecule has 0 aromatic rings. The fourth-order valence-corrected chi connectivity index (χ4v) is 2.76. The van der Waals surface area contributed by atoms with Crippen LogP contribution in [0.2, 0.25) is 0 Å². The zero-order valence-electron chi connectivity index (χ0n) is 10.1. The van der Waals surface area contributed by atoms with Crippen LogP contribution in [0.25, 0.3) is 0 Å². The molecular weight excluding hydrogens is 222 g/mol. The summed E-state index contributed by atoms with van der Waals surface area (Å²) in [7, 11) is 0. The molecule has 5 nitrogen and oxygen atoms in total. The molecule has 2 rings (SSSR count). The van der Waals surface area contributed by atoms with E-state index < -0.39 is 5.97 Å². The van der Waals surface area contributed by atoms with Gasteiger partial charge in [0.1, 0.15) is 6.54 Å². The number of carboxylic acids is 1. The lowest BCUT2D eigenvalue weighted by Gasteiger charge is -2.25. The molecule has 1 aliphatic heterocycles. The van der Waals surface area contributed by atoms with Gasteiger partial charge in [0.15, 0.2) is 0 Å². The van der Waals surface area contributed by atoms with Crippen molar-refractivity contribution in [3.8, 4) is 0 Å². The summed E-state index contributed by atoms with van der Waals surface area (Å²) in [6.07, 6.45) is 2.79. The van der Waals surface area contributed by atoms with Gasteiger partial charge in [0, 0.05) is 25.7 Å². The average molecular weight is 241 g/mol. The summed E-state index contributed by atoms with van der Waals surface area (Å²) in [6.45, 7) is 3.57. The number of ether oxygens (including phenoxy) is 1. The van der Waals surface area contributed by atoms with Gasteiger partial charge in [-0.15, -0.1) is 0 Å². The summed E-state index contributed by atoms with van der Waals surface area (Å²) >= 11 is 0. The maximum absolute atomic E-state index is 12.2. The van der Waals surface area contributed by atoms with Crippen LogP contribution in [0.1, 0.15) is 26.2 Å². The fraction of sp³-hybridized carbons (Fsp3) is 0.833. The molecule has 1 atom stereocenters. The number of nitrogens with zero attached hydrogens (tertiary/aromatic N) is 1. The third kappa shape index (κ3) is 2.44. The van der Waals surface area contributed by atoms with Crippen molar-refractivity contribution < 1.29 is 19.4 Å². The normalized spacial score (nSPS) is 25.6. The molecule has 1 heterocycles. The van der Waals surface area contributed by atoms with Gasteiger partial charge < -0.3 is 14.7 Å². The number of hydrogen-bond donors (Lipinski definition) is 1.